The van der Waals surface area contributed by atoms with E-state index in [2.05, 4.69) is 15.5 Å². The van der Waals surface area contributed by atoms with Crippen molar-refractivity contribution >= 4 is 40.0 Å². The van der Waals surface area contributed by atoms with Crippen molar-refractivity contribution in [2.45, 2.75) is 51.4 Å². The zero-order valence-corrected chi connectivity index (χ0v) is 20.4. The number of anilines is 1. The van der Waals surface area contributed by atoms with Crippen LogP contribution in [-0.2, 0) is 20.8 Å². The minimum atomic E-state index is -0.429. The van der Waals surface area contributed by atoms with Gasteiger partial charge in [-0.2, -0.15) is 0 Å². The molecule has 0 spiro atoms. The van der Waals surface area contributed by atoms with E-state index in [4.69, 9.17) is 13.9 Å². The molecule has 1 aliphatic rings. The van der Waals surface area contributed by atoms with Crippen molar-refractivity contribution < 1.29 is 23.5 Å². The summed E-state index contributed by atoms with van der Waals surface area (Å²) in [6.45, 7) is 7.13. The Hall–Kier alpha value is -2.63. The molecule has 1 unspecified atom stereocenters. The minimum Gasteiger partial charge on any atom is -0.462 e. The van der Waals surface area contributed by atoms with Crippen molar-refractivity contribution in [3.63, 3.8) is 0 Å². The second-order valence-electron chi connectivity index (χ2n) is 7.57. The number of nitrogens with one attached hydrogen (secondary N) is 1. The number of carbonyl (C=O) groups excluding carboxylic acids is 2. The summed E-state index contributed by atoms with van der Waals surface area (Å²) in [5.74, 6) is 0.660. The summed E-state index contributed by atoms with van der Waals surface area (Å²) in [5.41, 5.74) is 1.24. The topological polar surface area (TPSA) is 108 Å². The summed E-state index contributed by atoms with van der Waals surface area (Å²) in [6.07, 6.45) is 3.66. The fourth-order valence-electron chi connectivity index (χ4n) is 3.60. The van der Waals surface area contributed by atoms with Gasteiger partial charge in [-0.25, -0.2) is 4.79 Å². The SMILES string of the molecule is CCOC(=O)c1c(NC(=O)CSc2nnc(-c3ccco3)n2CC2CCCO2)sc(C)c1C. The van der Waals surface area contributed by atoms with Gasteiger partial charge in [-0.3, -0.25) is 9.36 Å². The first-order valence-electron chi connectivity index (χ1n) is 10.8. The summed E-state index contributed by atoms with van der Waals surface area (Å²) >= 11 is 2.65. The summed E-state index contributed by atoms with van der Waals surface area (Å²) in [4.78, 5) is 26.1. The second-order valence-corrected chi connectivity index (χ2v) is 9.74. The standard InChI is InChI=1S/C22H26N4O5S2/c1-4-29-21(28)18-13(2)14(3)33-20(18)23-17(27)12-32-22-25-24-19(16-8-6-10-31-16)26(22)11-15-7-5-9-30-15/h6,8,10,15H,4-5,7,9,11-12H2,1-3H3,(H,23,27). The molecule has 1 fully saturated rings. The predicted molar refractivity (Wildman–Crippen MR) is 126 cm³/mol. The minimum absolute atomic E-state index is 0.0760. The molecule has 4 rings (SSSR count). The molecule has 0 aliphatic carbocycles. The van der Waals surface area contributed by atoms with E-state index in [1.54, 1.807) is 19.3 Å². The van der Waals surface area contributed by atoms with Gasteiger partial charge in [-0.15, -0.1) is 21.5 Å². The average Bonchev–Trinajstić information content (AvgIpc) is 3.57. The van der Waals surface area contributed by atoms with E-state index in [-0.39, 0.29) is 24.4 Å². The van der Waals surface area contributed by atoms with Crippen molar-refractivity contribution in [2.75, 3.05) is 24.3 Å². The number of thiophene rings is 1. The first-order valence-corrected chi connectivity index (χ1v) is 12.6. The van der Waals surface area contributed by atoms with Gasteiger partial charge in [0.2, 0.25) is 11.7 Å². The van der Waals surface area contributed by atoms with E-state index >= 15 is 0 Å². The van der Waals surface area contributed by atoms with Crippen LogP contribution in [0.3, 0.4) is 0 Å². The van der Waals surface area contributed by atoms with Gasteiger partial charge < -0.3 is 19.2 Å². The van der Waals surface area contributed by atoms with Crippen molar-refractivity contribution in [3.8, 4) is 11.6 Å². The number of nitrogens with zero attached hydrogens (tertiary/aromatic N) is 3. The molecule has 4 heterocycles. The Morgan fingerprint density at radius 3 is 2.91 bits per heavy atom. The van der Waals surface area contributed by atoms with Crippen LogP contribution in [0.15, 0.2) is 28.0 Å². The quantitative estimate of drug-likeness (QED) is 0.349. The largest absolute Gasteiger partial charge is 0.462 e. The number of thioether (sulfide) groups is 1. The van der Waals surface area contributed by atoms with Crippen molar-refractivity contribution in [1.29, 1.82) is 0 Å². The number of hydrogen-bond donors (Lipinski definition) is 1. The maximum atomic E-state index is 12.8. The monoisotopic (exact) mass is 490 g/mol. The van der Waals surface area contributed by atoms with Crippen LogP contribution in [0.5, 0.6) is 0 Å². The number of hydrogen-bond acceptors (Lipinski definition) is 9. The van der Waals surface area contributed by atoms with Crippen molar-refractivity contribution in [2.24, 2.45) is 0 Å². The van der Waals surface area contributed by atoms with Crippen molar-refractivity contribution in [1.82, 2.24) is 14.8 Å². The highest BCUT2D eigenvalue weighted by molar-refractivity contribution is 7.99. The lowest BCUT2D eigenvalue weighted by Crippen LogP contribution is -2.18. The Morgan fingerprint density at radius 2 is 2.21 bits per heavy atom. The molecule has 1 saturated heterocycles. The van der Waals surface area contributed by atoms with Gasteiger partial charge >= 0.3 is 5.97 Å². The molecule has 1 aliphatic heterocycles. The highest BCUT2D eigenvalue weighted by atomic mass is 32.2. The number of esters is 1. The van der Waals surface area contributed by atoms with E-state index < -0.39 is 5.97 Å². The van der Waals surface area contributed by atoms with Crippen LogP contribution in [0.2, 0.25) is 0 Å². The van der Waals surface area contributed by atoms with Gasteiger partial charge in [0.05, 0.1) is 36.8 Å². The summed E-state index contributed by atoms with van der Waals surface area (Å²) in [7, 11) is 0. The maximum Gasteiger partial charge on any atom is 0.341 e. The molecule has 1 amide bonds. The van der Waals surface area contributed by atoms with Crippen molar-refractivity contribution in [3.05, 3.63) is 34.4 Å². The lowest BCUT2D eigenvalue weighted by Gasteiger charge is -2.14. The predicted octanol–water partition coefficient (Wildman–Crippen LogP) is 4.30. The molecule has 1 atom stereocenters. The number of aromatic nitrogens is 3. The van der Waals surface area contributed by atoms with E-state index in [0.29, 0.717) is 33.9 Å². The third-order valence-electron chi connectivity index (χ3n) is 5.32. The highest BCUT2D eigenvalue weighted by Crippen LogP contribution is 2.33. The third-order valence-corrected chi connectivity index (χ3v) is 7.41. The molecule has 0 aromatic carbocycles. The Balaban J connectivity index is 1.48. The molecule has 0 radical (unpaired) electrons. The van der Waals surface area contributed by atoms with Crippen LogP contribution in [0.4, 0.5) is 5.00 Å². The molecule has 33 heavy (non-hydrogen) atoms. The molecule has 3 aromatic heterocycles. The number of furan rings is 1. The second kappa shape index (κ2) is 10.5. The first kappa shape index (κ1) is 23.5. The fraction of sp³-hybridized carbons (Fsp3) is 0.455. The van der Waals surface area contributed by atoms with Crippen LogP contribution < -0.4 is 5.32 Å². The van der Waals surface area contributed by atoms with Gasteiger partial charge in [0.15, 0.2) is 10.9 Å². The summed E-state index contributed by atoms with van der Waals surface area (Å²) in [5, 5.41) is 12.6. The maximum absolute atomic E-state index is 12.8. The van der Waals surface area contributed by atoms with E-state index in [0.717, 1.165) is 29.9 Å². The number of carbonyl (C=O) groups is 2. The van der Waals surface area contributed by atoms with Gasteiger partial charge in [0.25, 0.3) is 0 Å². The molecule has 11 heteroatoms. The Morgan fingerprint density at radius 1 is 1.36 bits per heavy atom. The molecule has 0 saturated carbocycles. The lowest BCUT2D eigenvalue weighted by atomic mass is 10.1. The average molecular weight is 491 g/mol. The normalized spacial score (nSPS) is 15.7. The Bertz CT molecular complexity index is 1120. The number of rotatable bonds is 9. The molecule has 176 valence electrons. The number of amides is 1. The van der Waals surface area contributed by atoms with E-state index in [1.165, 1.54) is 23.1 Å². The molecule has 9 nitrogen and oxygen atoms in total. The highest BCUT2D eigenvalue weighted by Gasteiger charge is 2.25. The molecule has 0 bridgehead atoms. The first-order chi connectivity index (χ1) is 16.0. The van der Waals surface area contributed by atoms with Crippen LogP contribution >= 0.6 is 23.1 Å². The molecule has 3 aromatic rings. The Kier molecular flexibility index (Phi) is 7.51. The number of ether oxygens (including phenoxy) is 2. The lowest BCUT2D eigenvalue weighted by molar-refractivity contribution is -0.113. The Labute approximate surface area is 199 Å². The number of aryl methyl sites for hydroxylation is 1. The van der Waals surface area contributed by atoms with Crippen LogP contribution in [-0.4, -0.2) is 51.7 Å². The summed E-state index contributed by atoms with van der Waals surface area (Å²) in [6, 6.07) is 3.63. The third kappa shape index (κ3) is 5.31. The molecule has 1 N–H and O–H groups in total. The summed E-state index contributed by atoms with van der Waals surface area (Å²) < 4.78 is 18.4. The van der Waals surface area contributed by atoms with Gasteiger partial charge in [-0.1, -0.05) is 11.8 Å². The molecular formula is C22H26N4O5S2. The van der Waals surface area contributed by atoms with E-state index in [9.17, 15) is 9.59 Å². The molecular weight excluding hydrogens is 464 g/mol. The smallest absolute Gasteiger partial charge is 0.341 e. The fourth-order valence-corrected chi connectivity index (χ4v) is 5.41. The van der Waals surface area contributed by atoms with E-state index in [1.807, 2.05) is 24.5 Å². The van der Waals surface area contributed by atoms with Crippen LogP contribution in [0.1, 0.15) is 40.6 Å². The van der Waals surface area contributed by atoms with Crippen LogP contribution in [0, 0.1) is 13.8 Å². The van der Waals surface area contributed by atoms with Crippen LogP contribution in [0.25, 0.3) is 11.6 Å². The van der Waals surface area contributed by atoms with Gasteiger partial charge in [0.1, 0.15) is 5.00 Å². The van der Waals surface area contributed by atoms with Gasteiger partial charge in [0, 0.05) is 11.5 Å². The van der Waals surface area contributed by atoms with Gasteiger partial charge in [-0.05, 0) is 51.3 Å². The zero-order valence-electron chi connectivity index (χ0n) is 18.8. The zero-order chi connectivity index (χ0) is 23.4.